The van der Waals surface area contributed by atoms with Crippen molar-refractivity contribution in [3.8, 4) is 0 Å². The molecule has 0 aliphatic carbocycles. The highest BCUT2D eigenvalue weighted by atomic mass is 16.2. The third-order valence-electron chi connectivity index (χ3n) is 5.53. The number of nitrogens with zero attached hydrogens (tertiary/aromatic N) is 5. The number of benzene rings is 1. The molecule has 3 heterocycles. The molecule has 33 heavy (non-hydrogen) atoms. The third kappa shape index (κ3) is 4.22. The minimum atomic E-state index is -0.587. The molecule has 0 saturated carbocycles. The quantitative estimate of drug-likeness (QED) is 0.417. The molecule has 0 aliphatic rings. The predicted octanol–water partition coefficient (Wildman–Crippen LogP) is 1.98. The van der Waals surface area contributed by atoms with Crippen LogP contribution in [0.5, 0.6) is 0 Å². The van der Waals surface area contributed by atoms with E-state index in [-0.39, 0.29) is 23.7 Å². The maximum absolute atomic E-state index is 12.5. The van der Waals surface area contributed by atoms with Gasteiger partial charge in [0.2, 0.25) is 11.7 Å². The Morgan fingerprint density at radius 2 is 1.85 bits per heavy atom. The maximum atomic E-state index is 12.5. The summed E-state index contributed by atoms with van der Waals surface area (Å²) in [7, 11) is 1.76. The Kier molecular flexibility index (Phi) is 5.74. The highest BCUT2D eigenvalue weighted by molar-refractivity contribution is 6.07. The smallest absolute Gasteiger partial charge is 0.254 e. The molecule has 1 aromatic carbocycles. The summed E-state index contributed by atoms with van der Waals surface area (Å²) in [5.74, 6) is -0.595. The van der Waals surface area contributed by atoms with Crippen LogP contribution < -0.4 is 11.1 Å². The summed E-state index contributed by atoms with van der Waals surface area (Å²) < 4.78 is 3.23. The molecular formula is C23H23N7O3. The second-order valence-electron chi connectivity index (χ2n) is 7.74. The van der Waals surface area contributed by atoms with Gasteiger partial charge in [-0.05, 0) is 50.1 Å². The Hall–Kier alpha value is -4.34. The zero-order valence-corrected chi connectivity index (χ0v) is 18.5. The number of aryl methyl sites for hydroxylation is 3. The summed E-state index contributed by atoms with van der Waals surface area (Å²) in [6.07, 6.45) is 5.36. The molecule has 0 aliphatic heterocycles. The minimum absolute atomic E-state index is 0.171. The van der Waals surface area contributed by atoms with Gasteiger partial charge < -0.3 is 15.6 Å². The molecule has 3 aromatic heterocycles. The summed E-state index contributed by atoms with van der Waals surface area (Å²) >= 11 is 0. The van der Waals surface area contributed by atoms with Crippen molar-refractivity contribution in [1.82, 2.24) is 24.1 Å². The van der Waals surface area contributed by atoms with E-state index in [9.17, 15) is 14.4 Å². The normalized spacial score (nSPS) is 11.0. The Balaban J connectivity index is 1.42. The second-order valence-corrected chi connectivity index (χ2v) is 7.74. The van der Waals surface area contributed by atoms with Crippen LogP contribution in [-0.2, 0) is 18.3 Å². The molecule has 0 atom stereocenters. The number of primary amides is 1. The highest BCUT2D eigenvalue weighted by Gasteiger charge is 2.17. The van der Waals surface area contributed by atoms with Crippen molar-refractivity contribution in [2.75, 3.05) is 5.32 Å². The van der Waals surface area contributed by atoms with Gasteiger partial charge in [-0.1, -0.05) is 0 Å². The molecule has 4 aromatic rings. The Bertz CT molecular complexity index is 1380. The van der Waals surface area contributed by atoms with Crippen molar-refractivity contribution >= 4 is 28.9 Å². The lowest BCUT2D eigenvalue weighted by Gasteiger charge is -2.12. The van der Waals surface area contributed by atoms with Crippen LogP contribution >= 0.6 is 0 Å². The van der Waals surface area contributed by atoms with Crippen molar-refractivity contribution in [2.45, 2.75) is 26.7 Å². The number of carbonyl (C=O) groups excluding carboxylic acids is 3. The van der Waals surface area contributed by atoms with Crippen LogP contribution in [0.15, 0.2) is 42.9 Å². The molecule has 0 radical (unpaired) electrons. The molecule has 4 rings (SSSR count). The Morgan fingerprint density at radius 3 is 2.48 bits per heavy atom. The van der Waals surface area contributed by atoms with Gasteiger partial charge in [-0.25, -0.2) is 14.5 Å². The number of aromatic nitrogens is 5. The number of imidazole rings is 1. The van der Waals surface area contributed by atoms with Crippen LogP contribution in [0.1, 0.15) is 49.9 Å². The van der Waals surface area contributed by atoms with Crippen LogP contribution in [0.25, 0.3) is 5.65 Å². The molecule has 0 saturated heterocycles. The van der Waals surface area contributed by atoms with E-state index in [1.54, 1.807) is 52.8 Å². The zero-order chi connectivity index (χ0) is 23.7. The van der Waals surface area contributed by atoms with Crippen LogP contribution in [0.3, 0.4) is 0 Å². The molecule has 0 fully saturated rings. The first-order chi connectivity index (χ1) is 15.8. The maximum Gasteiger partial charge on any atom is 0.254 e. The molecule has 10 nitrogen and oxygen atoms in total. The number of anilines is 1. The number of ketones is 1. The van der Waals surface area contributed by atoms with E-state index in [0.717, 1.165) is 11.3 Å². The number of hydrogen-bond acceptors (Lipinski definition) is 6. The van der Waals surface area contributed by atoms with E-state index >= 15 is 0 Å². The standard InChI is InChI=1S/C23H23N7O3/c1-13-17(14(2)30-22(27-13)18(12-26-30)21(24)33)8-9-19(31)28-16-6-4-15(5-7-16)20(32)23-25-10-11-29(23)3/h4-7,10-12H,8-9H2,1-3H3,(H2,24,33)(H,28,31). The third-order valence-corrected chi connectivity index (χ3v) is 5.53. The van der Waals surface area contributed by atoms with Gasteiger partial charge in [0.05, 0.1) is 6.20 Å². The first-order valence-corrected chi connectivity index (χ1v) is 10.3. The van der Waals surface area contributed by atoms with Crippen molar-refractivity contribution in [3.05, 3.63) is 76.8 Å². The van der Waals surface area contributed by atoms with Gasteiger partial charge in [0.15, 0.2) is 11.5 Å². The van der Waals surface area contributed by atoms with Gasteiger partial charge in [-0.3, -0.25) is 14.4 Å². The molecule has 0 unspecified atom stereocenters. The van der Waals surface area contributed by atoms with Crippen LogP contribution in [0, 0.1) is 13.8 Å². The predicted molar refractivity (Wildman–Crippen MR) is 121 cm³/mol. The number of rotatable bonds is 7. The van der Waals surface area contributed by atoms with Crippen LogP contribution in [0.2, 0.25) is 0 Å². The lowest BCUT2D eigenvalue weighted by Crippen LogP contribution is -2.15. The van der Waals surface area contributed by atoms with Gasteiger partial charge in [0, 0.05) is 48.5 Å². The number of carbonyl (C=O) groups is 3. The number of amides is 2. The number of fused-ring (bicyclic) bond motifs is 1. The van der Waals surface area contributed by atoms with E-state index in [1.807, 2.05) is 13.8 Å². The van der Waals surface area contributed by atoms with Gasteiger partial charge in [0.25, 0.3) is 5.91 Å². The molecule has 2 amide bonds. The van der Waals surface area contributed by atoms with Crippen LogP contribution in [-0.4, -0.2) is 41.7 Å². The van der Waals surface area contributed by atoms with E-state index in [0.29, 0.717) is 34.8 Å². The summed E-state index contributed by atoms with van der Waals surface area (Å²) in [5.41, 5.74) is 9.53. The minimum Gasteiger partial charge on any atom is -0.365 e. The number of nitrogens with two attached hydrogens (primary N) is 1. The number of hydrogen-bond donors (Lipinski definition) is 2. The monoisotopic (exact) mass is 445 g/mol. The summed E-state index contributed by atoms with van der Waals surface area (Å²) in [6.45, 7) is 3.69. The SMILES string of the molecule is Cc1nc2c(C(N)=O)cnn2c(C)c1CCC(=O)Nc1ccc(C(=O)c2nccn2C)cc1. The second kappa shape index (κ2) is 8.65. The molecule has 0 spiro atoms. The average Bonchev–Trinajstić information content (AvgIpc) is 3.40. The fourth-order valence-corrected chi connectivity index (χ4v) is 3.73. The Labute approximate surface area is 189 Å². The van der Waals surface area contributed by atoms with Gasteiger partial charge >= 0.3 is 0 Å². The van der Waals surface area contributed by atoms with Crippen molar-refractivity contribution < 1.29 is 14.4 Å². The lowest BCUT2D eigenvalue weighted by molar-refractivity contribution is -0.116. The van der Waals surface area contributed by atoms with E-state index in [4.69, 9.17) is 5.73 Å². The molecule has 0 bridgehead atoms. The van der Waals surface area contributed by atoms with Crippen molar-refractivity contribution in [1.29, 1.82) is 0 Å². The van der Waals surface area contributed by atoms with E-state index < -0.39 is 5.91 Å². The molecule has 168 valence electrons. The fourth-order valence-electron chi connectivity index (χ4n) is 3.73. The Morgan fingerprint density at radius 1 is 1.12 bits per heavy atom. The van der Waals surface area contributed by atoms with Crippen LogP contribution in [0.4, 0.5) is 5.69 Å². The van der Waals surface area contributed by atoms with Gasteiger partial charge in [-0.2, -0.15) is 5.10 Å². The van der Waals surface area contributed by atoms with E-state index in [2.05, 4.69) is 20.4 Å². The van der Waals surface area contributed by atoms with Gasteiger partial charge in [0.1, 0.15) is 5.56 Å². The number of nitrogens with one attached hydrogen (secondary N) is 1. The fraction of sp³-hybridized carbons (Fsp3) is 0.217. The summed E-state index contributed by atoms with van der Waals surface area (Å²) in [4.78, 5) is 45.1. The average molecular weight is 445 g/mol. The molecule has 10 heteroatoms. The molecular weight excluding hydrogens is 422 g/mol. The van der Waals surface area contributed by atoms with Crippen molar-refractivity contribution in [3.63, 3.8) is 0 Å². The highest BCUT2D eigenvalue weighted by Crippen LogP contribution is 2.19. The first kappa shape index (κ1) is 21.9. The summed E-state index contributed by atoms with van der Waals surface area (Å²) in [5, 5.41) is 7.05. The topological polar surface area (TPSA) is 137 Å². The summed E-state index contributed by atoms with van der Waals surface area (Å²) in [6, 6.07) is 6.69. The van der Waals surface area contributed by atoms with E-state index in [1.165, 1.54) is 6.20 Å². The lowest BCUT2D eigenvalue weighted by atomic mass is 10.1. The molecule has 3 N–H and O–H groups in total. The van der Waals surface area contributed by atoms with Crippen molar-refractivity contribution in [2.24, 2.45) is 12.8 Å². The first-order valence-electron chi connectivity index (χ1n) is 10.3. The van der Waals surface area contributed by atoms with Gasteiger partial charge in [-0.15, -0.1) is 0 Å². The largest absolute Gasteiger partial charge is 0.365 e. The zero-order valence-electron chi connectivity index (χ0n) is 18.5.